The molecular formula is C23H26N4O2S2. The third-order valence-corrected chi connectivity index (χ3v) is 8.08. The number of benzene rings is 1. The molecule has 4 aromatic rings. The highest BCUT2D eigenvalue weighted by atomic mass is 32.2. The maximum absolute atomic E-state index is 12.3. The smallest absolute Gasteiger partial charge is 0.250 e. The Balaban J connectivity index is 1.56. The van der Waals surface area contributed by atoms with Gasteiger partial charge in [-0.05, 0) is 40.8 Å². The number of aryl methyl sites for hydroxylation is 1. The van der Waals surface area contributed by atoms with Gasteiger partial charge in [0, 0.05) is 24.5 Å². The van der Waals surface area contributed by atoms with Gasteiger partial charge in [-0.15, -0.1) is 11.3 Å². The maximum Gasteiger partial charge on any atom is 0.250 e. The molecule has 6 nitrogen and oxygen atoms in total. The quantitative estimate of drug-likeness (QED) is 0.389. The van der Waals surface area contributed by atoms with Gasteiger partial charge in [-0.1, -0.05) is 51.1 Å². The first-order chi connectivity index (χ1) is 14.8. The zero-order valence-electron chi connectivity index (χ0n) is 17.8. The van der Waals surface area contributed by atoms with Crippen molar-refractivity contribution in [1.29, 1.82) is 0 Å². The zero-order valence-corrected chi connectivity index (χ0v) is 19.5. The zero-order chi connectivity index (χ0) is 22.1. The van der Waals surface area contributed by atoms with Crippen molar-refractivity contribution >= 4 is 32.5 Å². The lowest BCUT2D eigenvalue weighted by Crippen LogP contribution is -2.24. The van der Waals surface area contributed by atoms with Crippen molar-refractivity contribution in [3.05, 3.63) is 65.3 Å². The second kappa shape index (κ2) is 8.53. The maximum atomic E-state index is 12.3. The Morgan fingerprint density at radius 1 is 1.06 bits per heavy atom. The summed E-state index contributed by atoms with van der Waals surface area (Å²) in [6.07, 6.45) is 4.69. The molecule has 8 heteroatoms. The molecule has 0 bridgehead atoms. The second-order valence-electron chi connectivity index (χ2n) is 8.49. The third kappa shape index (κ3) is 4.71. The van der Waals surface area contributed by atoms with Crippen LogP contribution in [0.1, 0.15) is 38.3 Å². The van der Waals surface area contributed by atoms with Crippen LogP contribution in [0.2, 0.25) is 0 Å². The van der Waals surface area contributed by atoms with Gasteiger partial charge in [-0.3, -0.25) is 4.98 Å². The van der Waals surface area contributed by atoms with E-state index in [9.17, 15) is 8.42 Å². The van der Waals surface area contributed by atoms with Crippen LogP contribution in [0.15, 0.2) is 58.4 Å². The van der Waals surface area contributed by atoms with Gasteiger partial charge in [-0.25, -0.2) is 18.1 Å². The summed E-state index contributed by atoms with van der Waals surface area (Å²) in [5.41, 5.74) is 6.05. The largest absolute Gasteiger partial charge is 0.338 e. The summed E-state index contributed by atoms with van der Waals surface area (Å²) in [5.74, 6) is 0. The van der Waals surface area contributed by atoms with E-state index in [1.54, 1.807) is 29.9 Å². The Labute approximate surface area is 186 Å². The minimum atomic E-state index is -3.45. The van der Waals surface area contributed by atoms with E-state index in [0.29, 0.717) is 23.6 Å². The Morgan fingerprint density at radius 2 is 1.81 bits per heavy atom. The first kappa shape index (κ1) is 21.7. The van der Waals surface area contributed by atoms with E-state index in [0.717, 1.165) is 28.0 Å². The van der Waals surface area contributed by atoms with Gasteiger partial charge < -0.3 is 4.98 Å². The van der Waals surface area contributed by atoms with Crippen LogP contribution < -0.4 is 4.72 Å². The van der Waals surface area contributed by atoms with Gasteiger partial charge >= 0.3 is 0 Å². The summed E-state index contributed by atoms with van der Waals surface area (Å²) in [6, 6.07) is 11.9. The van der Waals surface area contributed by atoms with Crippen molar-refractivity contribution in [2.24, 2.45) is 0 Å². The van der Waals surface area contributed by atoms with Crippen molar-refractivity contribution in [2.75, 3.05) is 6.54 Å². The summed E-state index contributed by atoms with van der Waals surface area (Å²) >= 11 is 1.22. The molecule has 0 saturated heterocycles. The van der Waals surface area contributed by atoms with E-state index in [1.807, 2.05) is 0 Å². The predicted molar refractivity (Wildman–Crippen MR) is 126 cm³/mol. The molecule has 0 aliphatic heterocycles. The molecule has 0 atom stereocenters. The molecular weight excluding hydrogens is 428 g/mol. The second-order valence-corrected chi connectivity index (χ2v) is 11.4. The Bertz CT molecular complexity index is 1270. The van der Waals surface area contributed by atoms with Gasteiger partial charge in [0.15, 0.2) is 5.65 Å². The van der Waals surface area contributed by atoms with Crippen LogP contribution in [0.3, 0.4) is 0 Å². The lowest BCUT2D eigenvalue weighted by atomic mass is 9.86. The summed E-state index contributed by atoms with van der Waals surface area (Å²) < 4.78 is 27.7. The highest BCUT2D eigenvalue weighted by Crippen LogP contribution is 2.31. The number of hydrogen-bond donors (Lipinski definition) is 2. The molecule has 0 amide bonds. The first-order valence-corrected chi connectivity index (χ1v) is 12.6. The van der Waals surface area contributed by atoms with Gasteiger partial charge in [-0.2, -0.15) is 0 Å². The van der Waals surface area contributed by atoms with E-state index in [-0.39, 0.29) is 5.41 Å². The average molecular weight is 455 g/mol. The Kier molecular flexibility index (Phi) is 5.96. The van der Waals surface area contributed by atoms with E-state index in [1.165, 1.54) is 16.9 Å². The topological polar surface area (TPSA) is 87.7 Å². The van der Waals surface area contributed by atoms with Gasteiger partial charge in [0.2, 0.25) is 10.0 Å². The first-order valence-electron chi connectivity index (χ1n) is 10.2. The number of nitrogens with zero attached hydrogens (tertiary/aromatic N) is 2. The molecule has 0 fully saturated rings. The average Bonchev–Trinajstić information content (AvgIpc) is 3.40. The monoisotopic (exact) mass is 454 g/mol. The fraction of sp³-hybridized carbons (Fsp3) is 0.304. The van der Waals surface area contributed by atoms with E-state index in [2.05, 4.69) is 64.7 Å². The van der Waals surface area contributed by atoms with Crippen LogP contribution in [0.5, 0.6) is 0 Å². The normalized spacial score (nSPS) is 12.5. The number of hydrogen-bond acceptors (Lipinski definition) is 5. The van der Waals surface area contributed by atoms with Crippen LogP contribution in [0, 0.1) is 0 Å². The molecule has 0 unspecified atom stereocenters. The molecule has 31 heavy (non-hydrogen) atoms. The molecule has 0 spiro atoms. The number of H-pyrrole nitrogens is 1. The van der Waals surface area contributed by atoms with Crippen molar-refractivity contribution in [2.45, 2.75) is 43.2 Å². The van der Waals surface area contributed by atoms with Gasteiger partial charge in [0.1, 0.15) is 9.73 Å². The fourth-order valence-corrected chi connectivity index (χ4v) is 5.66. The van der Waals surface area contributed by atoms with Crippen molar-refractivity contribution in [1.82, 2.24) is 19.7 Å². The molecule has 4 rings (SSSR count). The molecule has 0 radical (unpaired) electrons. The molecule has 0 aliphatic carbocycles. The van der Waals surface area contributed by atoms with Gasteiger partial charge in [0.25, 0.3) is 0 Å². The minimum absolute atomic E-state index is 0.0879. The molecule has 3 aromatic heterocycles. The molecule has 2 N–H and O–H groups in total. The van der Waals surface area contributed by atoms with Crippen molar-refractivity contribution in [3.63, 3.8) is 0 Å². The lowest BCUT2D eigenvalue weighted by Gasteiger charge is -2.19. The highest BCUT2D eigenvalue weighted by Gasteiger charge is 2.18. The number of fused-ring (bicyclic) bond motifs is 1. The number of nitrogens with one attached hydrogen (secondary N) is 2. The third-order valence-electron chi connectivity index (χ3n) is 5.22. The van der Waals surface area contributed by atoms with E-state index in [4.69, 9.17) is 0 Å². The van der Waals surface area contributed by atoms with Crippen LogP contribution in [-0.4, -0.2) is 29.9 Å². The summed E-state index contributed by atoms with van der Waals surface area (Å²) in [7, 11) is -3.45. The van der Waals surface area contributed by atoms with Gasteiger partial charge in [0.05, 0.1) is 5.69 Å². The number of aromatic nitrogens is 3. The molecule has 0 saturated carbocycles. The number of sulfonamides is 1. The van der Waals surface area contributed by atoms with Crippen molar-refractivity contribution in [3.8, 4) is 11.3 Å². The van der Waals surface area contributed by atoms with Crippen molar-refractivity contribution < 1.29 is 8.42 Å². The Hall–Kier alpha value is -2.55. The molecule has 162 valence electrons. The number of thiophene rings is 1. The fourth-order valence-electron chi connectivity index (χ4n) is 3.55. The number of rotatable bonds is 7. The number of aromatic amines is 1. The SMILES string of the molecule is CC(C)(C)c1ccc(-c2[nH]c3nccnc3c2CCCNS(=O)(=O)c2cccs2)cc1. The highest BCUT2D eigenvalue weighted by molar-refractivity contribution is 7.91. The summed E-state index contributed by atoms with van der Waals surface area (Å²) in [6.45, 7) is 6.94. The van der Waals surface area contributed by atoms with E-state index >= 15 is 0 Å². The van der Waals surface area contributed by atoms with Crippen LogP contribution in [-0.2, 0) is 21.9 Å². The molecule has 0 aliphatic rings. The predicted octanol–water partition coefficient (Wildman–Crippen LogP) is 4.90. The minimum Gasteiger partial charge on any atom is -0.338 e. The summed E-state index contributed by atoms with van der Waals surface area (Å²) in [5, 5.41) is 1.76. The van der Waals surface area contributed by atoms with Crippen LogP contribution in [0.25, 0.3) is 22.4 Å². The molecule has 1 aromatic carbocycles. The van der Waals surface area contributed by atoms with E-state index < -0.39 is 10.0 Å². The van der Waals surface area contributed by atoms with Crippen LogP contribution >= 0.6 is 11.3 Å². The standard InChI is InChI=1S/C23H26N4O2S2/c1-23(2,3)17-10-8-16(9-11-17)20-18(21-22(27-20)25-14-13-24-21)6-4-12-26-31(28,29)19-7-5-15-30-19/h5,7-11,13-15,26H,4,6,12H2,1-3H3,(H,25,27). The summed E-state index contributed by atoms with van der Waals surface area (Å²) in [4.78, 5) is 12.3. The molecule has 3 heterocycles. The Morgan fingerprint density at radius 3 is 2.48 bits per heavy atom. The van der Waals surface area contributed by atoms with Crippen LogP contribution in [0.4, 0.5) is 0 Å². The lowest BCUT2D eigenvalue weighted by molar-refractivity contribution is 0.581.